The lowest BCUT2D eigenvalue weighted by molar-refractivity contribution is 0.470. The minimum absolute atomic E-state index is 0.0430. The third-order valence-corrected chi connectivity index (χ3v) is 3.04. The van der Waals surface area contributed by atoms with Gasteiger partial charge < -0.3 is 9.52 Å². The molecule has 0 aliphatic rings. The molecule has 2 aromatic carbocycles. The second kappa shape index (κ2) is 3.57. The summed E-state index contributed by atoms with van der Waals surface area (Å²) in [6.07, 6.45) is 0. The van der Waals surface area contributed by atoms with Crippen molar-refractivity contribution in [2.75, 3.05) is 0 Å². The van der Waals surface area contributed by atoms with Crippen LogP contribution in [0, 0.1) is 12.7 Å². The molecule has 3 aromatic rings. The molecule has 0 aliphatic heterocycles. The Bertz CT molecular complexity index is 834. The highest BCUT2D eigenvalue weighted by Crippen LogP contribution is 2.27. The fourth-order valence-corrected chi connectivity index (χ4v) is 2.05. The molecule has 4 heteroatoms. The van der Waals surface area contributed by atoms with E-state index in [9.17, 15) is 14.3 Å². The van der Waals surface area contributed by atoms with Crippen molar-refractivity contribution in [1.82, 2.24) is 0 Å². The zero-order valence-corrected chi connectivity index (χ0v) is 9.53. The van der Waals surface area contributed by atoms with Crippen LogP contribution in [-0.2, 0) is 0 Å². The first-order valence-electron chi connectivity index (χ1n) is 5.43. The lowest BCUT2D eigenvalue weighted by Gasteiger charge is -2.05. The molecule has 0 saturated carbocycles. The second-order valence-electron chi connectivity index (χ2n) is 4.13. The van der Waals surface area contributed by atoms with Crippen molar-refractivity contribution in [3.8, 4) is 5.75 Å². The highest BCUT2D eigenvalue weighted by atomic mass is 19.1. The van der Waals surface area contributed by atoms with Gasteiger partial charge in [-0.3, -0.25) is 4.79 Å². The van der Waals surface area contributed by atoms with Gasteiger partial charge in [0.05, 0.1) is 5.39 Å². The molecular formula is C14H9FO3. The van der Waals surface area contributed by atoms with E-state index in [1.807, 2.05) is 0 Å². The Labute approximate surface area is 101 Å². The Morgan fingerprint density at radius 3 is 2.78 bits per heavy atom. The van der Waals surface area contributed by atoms with E-state index in [1.54, 1.807) is 6.92 Å². The summed E-state index contributed by atoms with van der Waals surface area (Å²) in [6, 6.07) is 7.07. The van der Waals surface area contributed by atoms with Gasteiger partial charge in [-0.15, -0.1) is 0 Å². The zero-order chi connectivity index (χ0) is 12.9. The predicted molar refractivity (Wildman–Crippen MR) is 66.3 cm³/mol. The number of aryl methyl sites for hydroxylation is 1. The molecule has 3 nitrogen and oxygen atoms in total. The molecule has 0 fully saturated rings. The standard InChI is InChI=1S/C14H9FO3/c1-7-10(16)6-5-8-13(17)12-9(15)3-2-4-11(12)18-14(7)8/h2-6,16H,1H3. The summed E-state index contributed by atoms with van der Waals surface area (Å²) in [4.78, 5) is 12.2. The Balaban J connectivity index is 2.66. The van der Waals surface area contributed by atoms with Crippen molar-refractivity contribution >= 4 is 21.9 Å². The molecule has 0 unspecified atom stereocenters. The molecule has 0 aliphatic carbocycles. The van der Waals surface area contributed by atoms with E-state index in [2.05, 4.69) is 0 Å². The average Bonchev–Trinajstić information content (AvgIpc) is 2.34. The molecular weight excluding hydrogens is 235 g/mol. The number of rotatable bonds is 0. The molecule has 1 heterocycles. The minimum atomic E-state index is -0.603. The van der Waals surface area contributed by atoms with E-state index >= 15 is 0 Å². The van der Waals surface area contributed by atoms with Crippen LogP contribution in [0.4, 0.5) is 4.39 Å². The number of aromatic hydroxyl groups is 1. The monoisotopic (exact) mass is 244 g/mol. The van der Waals surface area contributed by atoms with E-state index in [1.165, 1.54) is 30.3 Å². The van der Waals surface area contributed by atoms with Crippen LogP contribution in [0.25, 0.3) is 21.9 Å². The summed E-state index contributed by atoms with van der Waals surface area (Å²) in [6.45, 7) is 1.64. The summed E-state index contributed by atoms with van der Waals surface area (Å²) in [7, 11) is 0. The van der Waals surface area contributed by atoms with Gasteiger partial charge in [-0.25, -0.2) is 4.39 Å². The van der Waals surface area contributed by atoms with E-state index < -0.39 is 11.2 Å². The molecule has 0 amide bonds. The van der Waals surface area contributed by atoms with Crippen molar-refractivity contribution < 1.29 is 13.9 Å². The van der Waals surface area contributed by atoms with Crippen molar-refractivity contribution in [1.29, 1.82) is 0 Å². The lowest BCUT2D eigenvalue weighted by atomic mass is 10.1. The Hall–Kier alpha value is -2.36. The summed E-state index contributed by atoms with van der Waals surface area (Å²) in [5.41, 5.74) is 0.516. The fourth-order valence-electron chi connectivity index (χ4n) is 2.05. The smallest absolute Gasteiger partial charge is 0.203 e. The summed E-state index contributed by atoms with van der Waals surface area (Å²) >= 11 is 0. The van der Waals surface area contributed by atoms with Gasteiger partial charge in [-0.2, -0.15) is 0 Å². The van der Waals surface area contributed by atoms with Crippen molar-refractivity contribution in [2.45, 2.75) is 6.92 Å². The number of hydrogen-bond donors (Lipinski definition) is 1. The second-order valence-corrected chi connectivity index (χ2v) is 4.13. The first-order chi connectivity index (χ1) is 8.59. The number of fused-ring (bicyclic) bond motifs is 2. The maximum absolute atomic E-state index is 13.6. The number of hydrogen-bond acceptors (Lipinski definition) is 3. The number of benzene rings is 2. The normalized spacial score (nSPS) is 11.2. The quantitative estimate of drug-likeness (QED) is 0.618. The van der Waals surface area contributed by atoms with Crippen LogP contribution in [0.15, 0.2) is 39.5 Å². The molecule has 0 atom stereocenters. The number of phenols is 1. The van der Waals surface area contributed by atoms with Crippen molar-refractivity contribution in [3.05, 3.63) is 51.9 Å². The largest absolute Gasteiger partial charge is 0.508 e. The molecule has 1 N–H and O–H groups in total. The molecule has 0 radical (unpaired) electrons. The summed E-state index contributed by atoms with van der Waals surface area (Å²) in [5.74, 6) is -0.560. The summed E-state index contributed by atoms with van der Waals surface area (Å²) in [5, 5.41) is 9.81. The predicted octanol–water partition coefficient (Wildman–Crippen LogP) is 3.10. The molecule has 18 heavy (non-hydrogen) atoms. The average molecular weight is 244 g/mol. The minimum Gasteiger partial charge on any atom is -0.508 e. The first kappa shape index (κ1) is 10.8. The first-order valence-corrected chi connectivity index (χ1v) is 5.43. The molecule has 1 aromatic heterocycles. The SMILES string of the molecule is Cc1c(O)ccc2c(=O)c3c(F)cccc3oc12. The van der Waals surface area contributed by atoms with E-state index in [4.69, 9.17) is 4.42 Å². The number of halogens is 1. The van der Waals surface area contributed by atoms with Crippen LogP contribution in [0.1, 0.15) is 5.56 Å². The van der Waals surface area contributed by atoms with E-state index in [0.29, 0.717) is 5.56 Å². The van der Waals surface area contributed by atoms with E-state index in [-0.39, 0.29) is 27.7 Å². The Kier molecular flexibility index (Phi) is 2.13. The zero-order valence-electron chi connectivity index (χ0n) is 9.53. The molecule has 0 bridgehead atoms. The molecule has 3 rings (SSSR count). The van der Waals surface area contributed by atoms with Gasteiger partial charge in [0.2, 0.25) is 5.43 Å². The maximum Gasteiger partial charge on any atom is 0.203 e. The van der Waals surface area contributed by atoms with Crippen molar-refractivity contribution in [3.63, 3.8) is 0 Å². The highest BCUT2D eigenvalue weighted by Gasteiger charge is 2.14. The van der Waals surface area contributed by atoms with Crippen LogP contribution < -0.4 is 5.43 Å². The van der Waals surface area contributed by atoms with Gasteiger partial charge in [-0.1, -0.05) is 6.07 Å². The molecule has 0 spiro atoms. The topological polar surface area (TPSA) is 50.4 Å². The van der Waals surface area contributed by atoms with Crippen LogP contribution >= 0.6 is 0 Å². The van der Waals surface area contributed by atoms with Crippen LogP contribution in [0.2, 0.25) is 0 Å². The van der Waals surface area contributed by atoms with Crippen LogP contribution in [0.5, 0.6) is 5.75 Å². The van der Waals surface area contributed by atoms with E-state index in [0.717, 1.165) is 0 Å². The van der Waals surface area contributed by atoms with Gasteiger partial charge in [0.1, 0.15) is 28.1 Å². The third-order valence-electron chi connectivity index (χ3n) is 3.04. The lowest BCUT2D eigenvalue weighted by Crippen LogP contribution is -2.04. The third kappa shape index (κ3) is 1.32. The summed E-state index contributed by atoms with van der Waals surface area (Å²) < 4.78 is 19.2. The molecule has 0 saturated heterocycles. The van der Waals surface area contributed by atoms with Crippen LogP contribution in [0.3, 0.4) is 0 Å². The Morgan fingerprint density at radius 1 is 1.22 bits per heavy atom. The van der Waals surface area contributed by atoms with Gasteiger partial charge in [0.25, 0.3) is 0 Å². The molecule has 90 valence electrons. The van der Waals surface area contributed by atoms with Crippen molar-refractivity contribution in [2.24, 2.45) is 0 Å². The fraction of sp³-hybridized carbons (Fsp3) is 0.0714. The van der Waals surface area contributed by atoms with Gasteiger partial charge >= 0.3 is 0 Å². The van der Waals surface area contributed by atoms with Gasteiger partial charge in [0.15, 0.2) is 0 Å². The maximum atomic E-state index is 13.6. The van der Waals surface area contributed by atoms with Crippen LogP contribution in [-0.4, -0.2) is 5.11 Å². The Morgan fingerprint density at radius 2 is 2.00 bits per heavy atom. The highest BCUT2D eigenvalue weighted by molar-refractivity contribution is 5.92. The number of phenolic OH excluding ortho intramolecular Hbond substituents is 1. The van der Waals surface area contributed by atoms with Gasteiger partial charge in [-0.05, 0) is 31.2 Å². The van der Waals surface area contributed by atoms with Gasteiger partial charge in [0, 0.05) is 5.56 Å².